The molecule has 1 aliphatic heterocycles. The second kappa shape index (κ2) is 11.8. The predicted octanol–water partition coefficient (Wildman–Crippen LogP) is 2.99. The molecule has 29 heavy (non-hydrogen) atoms. The van der Waals surface area contributed by atoms with Gasteiger partial charge in [-0.05, 0) is 33.7 Å². The lowest BCUT2D eigenvalue weighted by Gasteiger charge is -2.33. The molecular formula is C17H25F3N2O5S2. The largest absolute Gasteiger partial charge is 0.404 e. The van der Waals surface area contributed by atoms with Crippen LogP contribution < -0.4 is 0 Å². The van der Waals surface area contributed by atoms with Crippen LogP contribution in [0.15, 0.2) is 0 Å². The Morgan fingerprint density at radius 2 is 1.72 bits per heavy atom. The van der Waals surface area contributed by atoms with Crippen LogP contribution in [0.5, 0.6) is 0 Å². The third kappa shape index (κ3) is 8.55. The highest BCUT2D eigenvalue weighted by atomic mass is 33.1. The summed E-state index contributed by atoms with van der Waals surface area (Å²) in [7, 11) is 3.88. The molecule has 0 bridgehead atoms. The maximum atomic E-state index is 13.3. The average Bonchev–Trinajstić information content (AvgIpc) is 2.93. The first kappa shape index (κ1) is 25.8. The molecule has 1 fully saturated rings. The number of Topliss-reactive ketones (excluding diaryl/α,β-unsaturated/α-hetero) is 1. The zero-order chi connectivity index (χ0) is 22.2. The number of hydrogen-bond donors (Lipinski definition) is 0. The lowest BCUT2D eigenvalue weighted by Crippen LogP contribution is -2.50. The van der Waals surface area contributed by atoms with Gasteiger partial charge in [0.25, 0.3) is 11.8 Å². The molecule has 1 saturated heterocycles. The maximum absolute atomic E-state index is 13.3. The average molecular weight is 459 g/mol. The maximum Gasteiger partial charge on any atom is 0.404 e. The van der Waals surface area contributed by atoms with Crippen LogP contribution in [0.3, 0.4) is 0 Å². The van der Waals surface area contributed by atoms with E-state index in [0.717, 1.165) is 4.90 Å². The molecule has 0 aromatic heterocycles. The molecule has 2 amide bonds. The SMILES string of the molecule is CC(=O)[C@H](C)N(C)C(CCSSCCCC(=O)ON1C(=O)CCC1=O)C(F)(F)F. The molecule has 7 nitrogen and oxygen atoms in total. The van der Waals surface area contributed by atoms with Crippen molar-refractivity contribution in [3.63, 3.8) is 0 Å². The molecule has 1 aliphatic rings. The number of nitrogens with zero attached hydrogens (tertiary/aromatic N) is 2. The van der Waals surface area contributed by atoms with Gasteiger partial charge in [-0.2, -0.15) is 13.2 Å². The van der Waals surface area contributed by atoms with E-state index in [-0.39, 0.29) is 37.2 Å². The van der Waals surface area contributed by atoms with Crippen LogP contribution in [0.4, 0.5) is 13.2 Å². The minimum Gasteiger partial charge on any atom is -0.330 e. The molecule has 0 radical (unpaired) electrons. The van der Waals surface area contributed by atoms with Crippen LogP contribution in [-0.2, 0) is 24.0 Å². The highest BCUT2D eigenvalue weighted by Crippen LogP contribution is 2.31. The van der Waals surface area contributed by atoms with Crippen molar-refractivity contribution in [2.24, 2.45) is 0 Å². The van der Waals surface area contributed by atoms with Gasteiger partial charge in [-0.25, -0.2) is 4.79 Å². The Morgan fingerprint density at radius 1 is 1.17 bits per heavy atom. The minimum absolute atomic E-state index is 0.00530. The van der Waals surface area contributed by atoms with Crippen molar-refractivity contribution in [2.75, 3.05) is 18.6 Å². The summed E-state index contributed by atoms with van der Waals surface area (Å²) in [5.41, 5.74) is 0. The summed E-state index contributed by atoms with van der Waals surface area (Å²) in [5, 5.41) is 0.486. The van der Waals surface area contributed by atoms with E-state index < -0.39 is 36.0 Å². The van der Waals surface area contributed by atoms with Crippen LogP contribution in [0.1, 0.15) is 46.0 Å². The summed E-state index contributed by atoms with van der Waals surface area (Å²) in [6.45, 7) is 2.71. The quantitative estimate of drug-likeness (QED) is 0.251. The van der Waals surface area contributed by atoms with Crippen molar-refractivity contribution in [2.45, 2.75) is 64.2 Å². The summed E-state index contributed by atoms with van der Waals surface area (Å²) < 4.78 is 39.8. The van der Waals surface area contributed by atoms with Crippen LogP contribution in [0.25, 0.3) is 0 Å². The number of hydrogen-bond acceptors (Lipinski definition) is 8. The number of hydroxylamine groups is 2. The monoisotopic (exact) mass is 458 g/mol. The van der Waals surface area contributed by atoms with E-state index in [1.54, 1.807) is 0 Å². The lowest BCUT2D eigenvalue weighted by atomic mass is 10.1. The third-order valence-electron chi connectivity index (χ3n) is 4.43. The number of likely N-dealkylation sites (N-methyl/N-ethyl adjacent to an activating group) is 1. The first-order valence-corrected chi connectivity index (χ1v) is 11.5. The first-order chi connectivity index (χ1) is 13.4. The molecule has 12 heteroatoms. The molecule has 0 aromatic rings. The Labute approximate surface area is 175 Å². The summed E-state index contributed by atoms with van der Waals surface area (Å²) in [6, 6.07) is -2.53. The molecule has 1 rings (SSSR count). The fourth-order valence-electron chi connectivity index (χ4n) is 2.51. The summed E-state index contributed by atoms with van der Waals surface area (Å²) in [6.07, 6.45) is -4.14. The second-order valence-electron chi connectivity index (χ2n) is 6.59. The molecule has 0 saturated carbocycles. The van der Waals surface area contributed by atoms with Gasteiger partial charge in [0.2, 0.25) is 0 Å². The Bertz CT molecular complexity index is 602. The van der Waals surface area contributed by atoms with Crippen molar-refractivity contribution in [3.8, 4) is 0 Å². The number of carbonyl (C=O) groups excluding carboxylic acids is 4. The molecule has 166 valence electrons. The van der Waals surface area contributed by atoms with E-state index in [1.165, 1.54) is 42.5 Å². The van der Waals surface area contributed by atoms with Gasteiger partial charge >= 0.3 is 12.1 Å². The lowest BCUT2D eigenvalue weighted by molar-refractivity contribution is -0.197. The minimum atomic E-state index is -4.43. The Morgan fingerprint density at radius 3 is 2.24 bits per heavy atom. The molecule has 0 aliphatic carbocycles. The molecule has 0 spiro atoms. The van der Waals surface area contributed by atoms with Gasteiger partial charge in [0.15, 0.2) is 0 Å². The van der Waals surface area contributed by atoms with Gasteiger partial charge in [0.05, 0.1) is 6.04 Å². The summed E-state index contributed by atoms with van der Waals surface area (Å²) >= 11 is 0. The number of rotatable bonds is 12. The van der Waals surface area contributed by atoms with Crippen LogP contribution >= 0.6 is 21.6 Å². The zero-order valence-electron chi connectivity index (χ0n) is 16.5. The van der Waals surface area contributed by atoms with Gasteiger partial charge in [-0.15, -0.1) is 5.06 Å². The van der Waals surface area contributed by atoms with Crippen molar-refractivity contribution < 1.29 is 37.2 Å². The fraction of sp³-hybridized carbons (Fsp3) is 0.765. The standard InChI is InChI=1S/C17H25F3N2O5S2/c1-11(12(2)23)21(3)13(17(18,19)20)8-10-29-28-9-4-5-16(26)27-22-14(24)6-7-15(22)25/h11,13H,4-10H2,1-3H3/t11-,13?/m0/s1. The predicted molar refractivity (Wildman–Crippen MR) is 104 cm³/mol. The number of imide groups is 1. The fourth-order valence-corrected chi connectivity index (χ4v) is 4.68. The van der Waals surface area contributed by atoms with Gasteiger partial charge in [-0.3, -0.25) is 19.3 Å². The molecular weight excluding hydrogens is 433 g/mol. The molecule has 0 N–H and O–H groups in total. The molecule has 1 unspecified atom stereocenters. The Balaban J connectivity index is 2.26. The number of alkyl halides is 3. The molecule has 1 heterocycles. The van der Waals surface area contributed by atoms with Crippen molar-refractivity contribution in [1.29, 1.82) is 0 Å². The number of halogens is 3. The highest BCUT2D eigenvalue weighted by Gasteiger charge is 2.43. The molecule has 2 atom stereocenters. The van der Waals surface area contributed by atoms with E-state index in [2.05, 4.69) is 0 Å². The van der Waals surface area contributed by atoms with Gasteiger partial charge in [0, 0.05) is 30.8 Å². The van der Waals surface area contributed by atoms with Crippen molar-refractivity contribution in [3.05, 3.63) is 0 Å². The molecule has 0 aromatic carbocycles. The topological polar surface area (TPSA) is 84.0 Å². The van der Waals surface area contributed by atoms with Crippen LogP contribution in [0, 0.1) is 0 Å². The first-order valence-electron chi connectivity index (χ1n) is 9.05. The zero-order valence-corrected chi connectivity index (χ0v) is 18.1. The van der Waals surface area contributed by atoms with Gasteiger partial charge < -0.3 is 4.84 Å². The smallest absolute Gasteiger partial charge is 0.330 e. The second-order valence-corrected chi connectivity index (χ2v) is 9.29. The van der Waals surface area contributed by atoms with E-state index in [1.807, 2.05) is 0 Å². The summed E-state index contributed by atoms with van der Waals surface area (Å²) in [5.74, 6) is -1.39. The van der Waals surface area contributed by atoms with E-state index in [4.69, 9.17) is 4.84 Å². The van der Waals surface area contributed by atoms with Crippen LogP contribution in [-0.4, -0.2) is 70.3 Å². The highest BCUT2D eigenvalue weighted by molar-refractivity contribution is 8.76. The van der Waals surface area contributed by atoms with Crippen molar-refractivity contribution >= 4 is 45.2 Å². The van der Waals surface area contributed by atoms with Crippen molar-refractivity contribution in [1.82, 2.24) is 9.96 Å². The number of carbonyl (C=O) groups is 4. The van der Waals surface area contributed by atoms with E-state index in [0.29, 0.717) is 17.2 Å². The van der Waals surface area contributed by atoms with E-state index in [9.17, 15) is 32.3 Å². The van der Waals surface area contributed by atoms with Gasteiger partial charge in [0.1, 0.15) is 11.8 Å². The normalized spacial score (nSPS) is 17.0. The van der Waals surface area contributed by atoms with E-state index >= 15 is 0 Å². The van der Waals surface area contributed by atoms with Crippen LogP contribution in [0.2, 0.25) is 0 Å². The van der Waals surface area contributed by atoms with Gasteiger partial charge in [-0.1, -0.05) is 21.6 Å². The summed E-state index contributed by atoms with van der Waals surface area (Å²) in [4.78, 5) is 51.4. The Kier molecular flexibility index (Phi) is 10.5. The number of ketones is 1. The number of amides is 2. The third-order valence-corrected chi connectivity index (χ3v) is 6.96. The Hall–Kier alpha value is -1.27.